The first-order valence-electron chi connectivity index (χ1n) is 5.78. The van der Waals surface area contributed by atoms with Crippen LogP contribution in [0, 0.1) is 13.8 Å². The molecule has 0 saturated heterocycles. The highest BCUT2D eigenvalue weighted by Crippen LogP contribution is 2.39. The number of carboxylic acid groups (broad SMARTS) is 1. The summed E-state index contributed by atoms with van der Waals surface area (Å²) < 4.78 is 0. The molecule has 2 rings (SSSR count). The van der Waals surface area contributed by atoms with E-state index in [9.17, 15) is 9.59 Å². The van der Waals surface area contributed by atoms with Crippen LogP contribution in [0.4, 0.5) is 5.69 Å². The summed E-state index contributed by atoms with van der Waals surface area (Å²) in [6.07, 6.45) is 0.378. The summed E-state index contributed by atoms with van der Waals surface area (Å²) in [5.41, 5.74) is 3.05. The summed E-state index contributed by atoms with van der Waals surface area (Å²) in [6.45, 7) is 3.97. The van der Waals surface area contributed by atoms with Gasteiger partial charge in [-0.25, -0.2) is 0 Å². The van der Waals surface area contributed by atoms with E-state index in [1.807, 2.05) is 26.0 Å². The minimum atomic E-state index is -0.866. The van der Waals surface area contributed by atoms with Gasteiger partial charge in [-0.15, -0.1) is 11.8 Å². The Morgan fingerprint density at radius 1 is 1.44 bits per heavy atom. The van der Waals surface area contributed by atoms with Crippen molar-refractivity contribution >= 4 is 29.3 Å². The fourth-order valence-electron chi connectivity index (χ4n) is 2.04. The van der Waals surface area contributed by atoms with Gasteiger partial charge in [0.05, 0.1) is 10.9 Å². The maximum atomic E-state index is 11.9. The second-order valence-electron chi connectivity index (χ2n) is 4.48. The van der Waals surface area contributed by atoms with Gasteiger partial charge in [-0.1, -0.05) is 6.07 Å². The van der Waals surface area contributed by atoms with Crippen molar-refractivity contribution in [2.24, 2.45) is 0 Å². The number of aryl methyl sites for hydroxylation is 2. The van der Waals surface area contributed by atoms with Crippen LogP contribution in [0.2, 0.25) is 0 Å². The lowest BCUT2D eigenvalue weighted by Crippen LogP contribution is -2.30. The summed E-state index contributed by atoms with van der Waals surface area (Å²) >= 11 is 1.46. The number of amides is 1. The molecule has 2 N–H and O–H groups in total. The van der Waals surface area contributed by atoms with Crippen molar-refractivity contribution in [2.75, 3.05) is 5.32 Å². The Morgan fingerprint density at radius 3 is 2.83 bits per heavy atom. The largest absolute Gasteiger partial charge is 0.481 e. The number of carbonyl (C=O) groups excluding carboxylic acids is 1. The molecule has 0 bridgehead atoms. The van der Waals surface area contributed by atoms with E-state index < -0.39 is 5.97 Å². The number of thioether (sulfide) groups is 1. The smallest absolute Gasteiger partial charge is 0.303 e. The van der Waals surface area contributed by atoms with Gasteiger partial charge < -0.3 is 10.4 Å². The van der Waals surface area contributed by atoms with Crippen LogP contribution < -0.4 is 5.32 Å². The molecule has 1 aliphatic rings. The van der Waals surface area contributed by atoms with Gasteiger partial charge in [0.2, 0.25) is 5.91 Å². The van der Waals surface area contributed by atoms with E-state index in [1.54, 1.807) is 0 Å². The zero-order valence-electron chi connectivity index (χ0n) is 10.3. The average molecular weight is 265 g/mol. The molecule has 0 radical (unpaired) electrons. The van der Waals surface area contributed by atoms with E-state index in [2.05, 4.69) is 5.32 Å². The topological polar surface area (TPSA) is 66.4 Å². The molecular formula is C13H15NO3S. The standard InChI is InChI=1S/C13H15NO3S/c1-7-5-8(2)12-10(6-7)18-9(13(17)14-12)3-4-11(15)16/h5-6,9H,3-4H2,1-2H3,(H,14,17)(H,15,16). The average Bonchev–Trinajstić information content (AvgIpc) is 2.27. The quantitative estimate of drug-likeness (QED) is 0.881. The zero-order valence-corrected chi connectivity index (χ0v) is 11.1. The first-order valence-corrected chi connectivity index (χ1v) is 6.66. The minimum absolute atomic E-state index is 0.0191. The molecule has 1 amide bonds. The normalized spacial score (nSPS) is 18.1. The fraction of sp³-hybridized carbons (Fsp3) is 0.385. The third-order valence-electron chi connectivity index (χ3n) is 2.87. The monoisotopic (exact) mass is 265 g/mol. The van der Waals surface area contributed by atoms with Crippen LogP contribution in [0.15, 0.2) is 17.0 Å². The molecule has 1 unspecified atom stereocenters. The maximum Gasteiger partial charge on any atom is 0.303 e. The Kier molecular flexibility index (Phi) is 3.61. The first kappa shape index (κ1) is 13.0. The molecule has 0 aromatic heterocycles. The first-order chi connectivity index (χ1) is 8.47. The molecule has 96 valence electrons. The highest BCUT2D eigenvalue weighted by Gasteiger charge is 2.28. The molecule has 0 fully saturated rings. The number of anilines is 1. The summed E-state index contributed by atoms with van der Waals surface area (Å²) in [6, 6.07) is 4.05. The predicted molar refractivity (Wildman–Crippen MR) is 71.1 cm³/mol. The molecule has 1 aliphatic heterocycles. The SMILES string of the molecule is Cc1cc(C)c2c(c1)SC(CCC(=O)O)C(=O)N2. The van der Waals surface area contributed by atoms with E-state index in [4.69, 9.17) is 5.11 Å². The number of carboxylic acids is 1. The third-order valence-corrected chi connectivity index (χ3v) is 4.18. The Labute approximate surface area is 110 Å². The highest BCUT2D eigenvalue weighted by atomic mass is 32.2. The summed E-state index contributed by atoms with van der Waals surface area (Å²) in [4.78, 5) is 23.5. The molecule has 1 aromatic carbocycles. The van der Waals surface area contributed by atoms with Gasteiger partial charge in [0.15, 0.2) is 0 Å². The lowest BCUT2D eigenvalue weighted by molar-refractivity contribution is -0.137. The van der Waals surface area contributed by atoms with E-state index in [1.165, 1.54) is 11.8 Å². The van der Waals surface area contributed by atoms with Crippen LogP contribution in [0.25, 0.3) is 0 Å². The van der Waals surface area contributed by atoms with E-state index >= 15 is 0 Å². The van der Waals surface area contributed by atoms with Crippen LogP contribution in [-0.2, 0) is 9.59 Å². The van der Waals surface area contributed by atoms with Crippen LogP contribution in [0.1, 0.15) is 24.0 Å². The Balaban J connectivity index is 2.21. The maximum absolute atomic E-state index is 11.9. The van der Waals surface area contributed by atoms with Crippen molar-refractivity contribution < 1.29 is 14.7 Å². The minimum Gasteiger partial charge on any atom is -0.481 e. The molecule has 0 spiro atoms. The summed E-state index contributed by atoms with van der Waals surface area (Å²) in [5.74, 6) is -0.963. The van der Waals surface area contributed by atoms with Gasteiger partial charge in [-0.2, -0.15) is 0 Å². The van der Waals surface area contributed by atoms with Crippen molar-refractivity contribution in [1.29, 1.82) is 0 Å². The van der Waals surface area contributed by atoms with Crippen LogP contribution in [-0.4, -0.2) is 22.2 Å². The van der Waals surface area contributed by atoms with Crippen molar-refractivity contribution in [3.63, 3.8) is 0 Å². The van der Waals surface area contributed by atoms with Crippen molar-refractivity contribution in [2.45, 2.75) is 36.8 Å². The number of fused-ring (bicyclic) bond motifs is 1. The van der Waals surface area contributed by atoms with Crippen LogP contribution in [0.3, 0.4) is 0 Å². The van der Waals surface area contributed by atoms with Crippen molar-refractivity contribution in [3.8, 4) is 0 Å². The zero-order chi connectivity index (χ0) is 13.3. The number of hydrogen-bond donors (Lipinski definition) is 2. The second-order valence-corrected chi connectivity index (χ2v) is 5.73. The molecule has 1 aromatic rings. The van der Waals surface area contributed by atoms with Crippen LogP contribution in [0.5, 0.6) is 0 Å². The number of rotatable bonds is 3. The van der Waals surface area contributed by atoms with Gasteiger partial charge in [0.1, 0.15) is 0 Å². The molecule has 18 heavy (non-hydrogen) atoms. The number of aliphatic carboxylic acids is 1. The number of hydrogen-bond acceptors (Lipinski definition) is 3. The van der Waals surface area contributed by atoms with E-state index in [0.717, 1.165) is 21.7 Å². The lowest BCUT2D eigenvalue weighted by Gasteiger charge is -2.25. The summed E-state index contributed by atoms with van der Waals surface area (Å²) in [7, 11) is 0. The van der Waals surface area contributed by atoms with Crippen LogP contribution >= 0.6 is 11.8 Å². The van der Waals surface area contributed by atoms with E-state index in [0.29, 0.717) is 6.42 Å². The van der Waals surface area contributed by atoms with Crippen molar-refractivity contribution in [3.05, 3.63) is 23.3 Å². The number of benzene rings is 1. The molecule has 1 heterocycles. The van der Waals surface area contributed by atoms with Gasteiger partial charge >= 0.3 is 5.97 Å². The van der Waals surface area contributed by atoms with Gasteiger partial charge in [-0.3, -0.25) is 9.59 Å². The molecule has 1 atom stereocenters. The summed E-state index contributed by atoms with van der Waals surface area (Å²) in [5, 5.41) is 11.2. The number of carbonyl (C=O) groups is 2. The van der Waals surface area contributed by atoms with Gasteiger partial charge in [-0.05, 0) is 37.5 Å². The highest BCUT2D eigenvalue weighted by molar-refractivity contribution is 8.01. The van der Waals surface area contributed by atoms with Gasteiger partial charge in [0.25, 0.3) is 0 Å². The fourth-order valence-corrected chi connectivity index (χ4v) is 3.33. The molecular weight excluding hydrogens is 250 g/mol. The number of nitrogens with one attached hydrogen (secondary N) is 1. The molecule has 0 saturated carbocycles. The van der Waals surface area contributed by atoms with Gasteiger partial charge in [0, 0.05) is 11.3 Å². The lowest BCUT2D eigenvalue weighted by atomic mass is 10.1. The van der Waals surface area contributed by atoms with E-state index in [-0.39, 0.29) is 17.6 Å². The molecule has 5 heteroatoms. The predicted octanol–water partition coefficient (Wildman–Crippen LogP) is 2.58. The Bertz CT molecular complexity index is 513. The van der Waals surface area contributed by atoms with Crippen molar-refractivity contribution in [1.82, 2.24) is 0 Å². The molecule has 4 nitrogen and oxygen atoms in total. The second kappa shape index (κ2) is 5.02. The Hall–Kier alpha value is -1.49. The molecule has 0 aliphatic carbocycles. The third kappa shape index (κ3) is 2.67. The Morgan fingerprint density at radius 2 is 2.17 bits per heavy atom.